The number of fused-ring (bicyclic) bond motifs is 1. The fourth-order valence-corrected chi connectivity index (χ4v) is 3.13. The summed E-state index contributed by atoms with van der Waals surface area (Å²) in [5.41, 5.74) is 0.556. The first-order chi connectivity index (χ1) is 9.12. The first-order valence-corrected chi connectivity index (χ1v) is 6.64. The van der Waals surface area contributed by atoms with Gasteiger partial charge in [-0.25, -0.2) is 0 Å². The van der Waals surface area contributed by atoms with Crippen molar-refractivity contribution in [2.75, 3.05) is 33.4 Å². The van der Waals surface area contributed by atoms with E-state index in [9.17, 15) is 4.79 Å². The second-order valence-corrected chi connectivity index (χ2v) is 5.64. The van der Waals surface area contributed by atoms with Crippen LogP contribution in [0.15, 0.2) is 12.3 Å². The third-order valence-electron chi connectivity index (χ3n) is 4.23. The highest BCUT2D eigenvalue weighted by Gasteiger charge is 2.54. The molecular weight excluding hydrogens is 244 g/mol. The molecule has 1 amide bonds. The lowest BCUT2D eigenvalue weighted by Crippen LogP contribution is -2.46. The fraction of sp³-hybridized carbons (Fsp3) is 0.692. The maximum absolute atomic E-state index is 12.7. The molecule has 0 saturated carbocycles. The summed E-state index contributed by atoms with van der Waals surface area (Å²) < 4.78 is 7.29. The number of hydrogen-bond acceptors (Lipinski definition) is 4. The van der Waals surface area contributed by atoms with Crippen LogP contribution in [0.1, 0.15) is 5.69 Å². The van der Waals surface area contributed by atoms with E-state index in [0.717, 1.165) is 18.8 Å². The number of hydrogen-bond donors (Lipinski definition) is 1. The van der Waals surface area contributed by atoms with Crippen LogP contribution in [0.2, 0.25) is 0 Å². The summed E-state index contributed by atoms with van der Waals surface area (Å²) in [7, 11) is 3.73. The molecule has 0 radical (unpaired) electrons. The molecule has 2 aliphatic rings. The molecule has 6 heteroatoms. The average Bonchev–Trinajstić information content (AvgIpc) is 3.03. The monoisotopic (exact) mass is 264 g/mol. The van der Waals surface area contributed by atoms with Crippen LogP contribution < -0.4 is 5.32 Å². The highest BCUT2D eigenvalue weighted by molar-refractivity contribution is 5.84. The maximum atomic E-state index is 12.7. The highest BCUT2D eigenvalue weighted by atomic mass is 16.5. The third-order valence-corrected chi connectivity index (χ3v) is 4.23. The lowest BCUT2D eigenvalue weighted by atomic mass is 9.79. The number of ether oxygens (including phenoxy) is 1. The predicted molar refractivity (Wildman–Crippen MR) is 69.3 cm³/mol. The molecule has 6 nitrogen and oxygen atoms in total. The van der Waals surface area contributed by atoms with Crippen molar-refractivity contribution in [3.8, 4) is 0 Å². The molecule has 2 saturated heterocycles. The molecule has 0 spiro atoms. The number of nitrogens with zero attached hydrogens (tertiary/aromatic N) is 3. The molecule has 19 heavy (non-hydrogen) atoms. The Balaban J connectivity index is 1.72. The van der Waals surface area contributed by atoms with Gasteiger partial charge in [-0.15, -0.1) is 0 Å². The number of aromatic nitrogens is 2. The number of amides is 1. The van der Waals surface area contributed by atoms with Crippen LogP contribution >= 0.6 is 0 Å². The summed E-state index contributed by atoms with van der Waals surface area (Å²) in [6.45, 7) is 3.38. The SMILES string of the molecule is CN(Cc1ccn(C)n1)C(=O)[C@]12CNC[C@H]1COC2. The minimum absolute atomic E-state index is 0.172. The van der Waals surface area contributed by atoms with Gasteiger partial charge in [-0.2, -0.15) is 5.10 Å². The van der Waals surface area contributed by atoms with Crippen LogP contribution in [0.4, 0.5) is 0 Å². The Hall–Kier alpha value is -1.40. The lowest BCUT2D eigenvalue weighted by Gasteiger charge is -2.30. The number of nitrogens with one attached hydrogen (secondary N) is 1. The molecule has 2 fully saturated rings. The summed E-state index contributed by atoms with van der Waals surface area (Å²) in [4.78, 5) is 14.5. The summed E-state index contributed by atoms with van der Waals surface area (Å²) in [5.74, 6) is 0.483. The Morgan fingerprint density at radius 1 is 1.74 bits per heavy atom. The Morgan fingerprint density at radius 2 is 2.58 bits per heavy atom. The summed E-state index contributed by atoms with van der Waals surface area (Å²) in [6, 6.07) is 1.94. The standard InChI is InChI=1S/C13H20N4O2/c1-16(6-11-3-4-17(2)15-11)12(18)13-8-14-5-10(13)7-19-9-13/h3-4,10,14H,5-9H2,1-2H3/t10-,13-/m0/s1. The molecule has 104 valence electrons. The van der Waals surface area contributed by atoms with E-state index in [1.54, 1.807) is 9.58 Å². The topological polar surface area (TPSA) is 59.4 Å². The van der Waals surface area contributed by atoms with E-state index >= 15 is 0 Å². The summed E-state index contributed by atoms with van der Waals surface area (Å²) >= 11 is 0. The van der Waals surface area contributed by atoms with Crippen LogP contribution in [0.3, 0.4) is 0 Å². The van der Waals surface area contributed by atoms with Crippen molar-refractivity contribution in [1.29, 1.82) is 0 Å². The van der Waals surface area contributed by atoms with Crippen molar-refractivity contribution in [2.45, 2.75) is 6.54 Å². The smallest absolute Gasteiger partial charge is 0.232 e. The number of rotatable bonds is 3. The molecule has 0 aromatic carbocycles. The van der Waals surface area contributed by atoms with Gasteiger partial charge in [0.05, 0.1) is 30.9 Å². The van der Waals surface area contributed by atoms with Gasteiger partial charge in [0.15, 0.2) is 0 Å². The zero-order chi connectivity index (χ0) is 13.5. The van der Waals surface area contributed by atoms with Crippen molar-refractivity contribution in [3.63, 3.8) is 0 Å². The van der Waals surface area contributed by atoms with Gasteiger partial charge in [0.1, 0.15) is 0 Å². The van der Waals surface area contributed by atoms with E-state index in [0.29, 0.717) is 25.7 Å². The van der Waals surface area contributed by atoms with Crippen LogP contribution in [-0.2, 0) is 23.1 Å². The zero-order valence-corrected chi connectivity index (χ0v) is 11.4. The average molecular weight is 264 g/mol. The first kappa shape index (κ1) is 12.6. The predicted octanol–water partition coefficient (Wildman–Crippen LogP) is -0.385. The zero-order valence-electron chi connectivity index (χ0n) is 11.4. The van der Waals surface area contributed by atoms with Gasteiger partial charge in [-0.1, -0.05) is 0 Å². The maximum Gasteiger partial charge on any atom is 0.232 e. The highest BCUT2D eigenvalue weighted by Crippen LogP contribution is 2.39. The minimum atomic E-state index is -0.358. The molecule has 2 aliphatic heterocycles. The summed E-state index contributed by atoms with van der Waals surface area (Å²) in [6.07, 6.45) is 1.89. The van der Waals surface area contributed by atoms with Crippen LogP contribution in [-0.4, -0.2) is 53.9 Å². The van der Waals surface area contributed by atoms with Crippen molar-refractivity contribution in [3.05, 3.63) is 18.0 Å². The van der Waals surface area contributed by atoms with Crippen molar-refractivity contribution < 1.29 is 9.53 Å². The minimum Gasteiger partial charge on any atom is -0.380 e. The van der Waals surface area contributed by atoms with Crippen LogP contribution in [0, 0.1) is 11.3 Å². The van der Waals surface area contributed by atoms with Gasteiger partial charge in [0.2, 0.25) is 5.91 Å². The Bertz CT molecular complexity index is 475. The quantitative estimate of drug-likeness (QED) is 0.808. The molecule has 0 aliphatic carbocycles. The van der Waals surface area contributed by atoms with Gasteiger partial charge in [-0.3, -0.25) is 9.48 Å². The molecule has 0 bridgehead atoms. The van der Waals surface area contributed by atoms with E-state index in [2.05, 4.69) is 10.4 Å². The number of aryl methyl sites for hydroxylation is 1. The lowest BCUT2D eigenvalue weighted by molar-refractivity contribution is -0.141. The molecule has 1 aromatic heterocycles. The Labute approximate surface area is 112 Å². The second-order valence-electron chi connectivity index (χ2n) is 5.64. The Kier molecular flexibility index (Phi) is 3.06. The van der Waals surface area contributed by atoms with Gasteiger partial charge in [-0.05, 0) is 6.07 Å². The van der Waals surface area contributed by atoms with E-state index in [-0.39, 0.29) is 11.3 Å². The van der Waals surface area contributed by atoms with Gasteiger partial charge >= 0.3 is 0 Å². The first-order valence-electron chi connectivity index (χ1n) is 6.64. The van der Waals surface area contributed by atoms with Crippen LogP contribution in [0.25, 0.3) is 0 Å². The number of carbonyl (C=O) groups is 1. The molecular formula is C13H20N4O2. The normalized spacial score (nSPS) is 29.5. The molecule has 0 unspecified atom stereocenters. The second kappa shape index (κ2) is 4.61. The van der Waals surface area contributed by atoms with Crippen molar-refractivity contribution >= 4 is 5.91 Å². The van der Waals surface area contributed by atoms with Gasteiger partial charge in [0, 0.05) is 39.3 Å². The molecule has 3 heterocycles. The van der Waals surface area contributed by atoms with E-state index in [1.165, 1.54) is 0 Å². The van der Waals surface area contributed by atoms with Crippen LogP contribution in [0.5, 0.6) is 0 Å². The number of carbonyl (C=O) groups excluding carboxylic acids is 1. The van der Waals surface area contributed by atoms with E-state index in [4.69, 9.17) is 4.74 Å². The van der Waals surface area contributed by atoms with Crippen molar-refractivity contribution in [1.82, 2.24) is 20.0 Å². The van der Waals surface area contributed by atoms with Crippen molar-refractivity contribution in [2.24, 2.45) is 18.4 Å². The molecule has 1 N–H and O–H groups in total. The van der Waals surface area contributed by atoms with E-state index in [1.807, 2.05) is 26.4 Å². The van der Waals surface area contributed by atoms with E-state index < -0.39 is 0 Å². The van der Waals surface area contributed by atoms with Gasteiger partial charge < -0.3 is 15.0 Å². The molecule has 3 rings (SSSR count). The largest absolute Gasteiger partial charge is 0.380 e. The fourth-order valence-electron chi connectivity index (χ4n) is 3.13. The summed E-state index contributed by atoms with van der Waals surface area (Å²) in [5, 5.41) is 7.64. The Morgan fingerprint density at radius 3 is 3.32 bits per heavy atom. The third kappa shape index (κ3) is 2.04. The van der Waals surface area contributed by atoms with Gasteiger partial charge in [0.25, 0.3) is 0 Å². The molecule has 2 atom stereocenters. The molecule has 1 aromatic rings.